The van der Waals surface area contributed by atoms with Crippen molar-refractivity contribution in [2.45, 2.75) is 64.0 Å². The minimum Gasteiger partial charge on any atom is -0.497 e. The van der Waals surface area contributed by atoms with Crippen LogP contribution in [0.3, 0.4) is 0 Å². The molecule has 4 rings (SSSR count). The first kappa shape index (κ1) is 22.3. The highest BCUT2D eigenvalue weighted by molar-refractivity contribution is 5.99. The number of hydrogen-bond acceptors (Lipinski definition) is 4. The third-order valence-electron chi connectivity index (χ3n) is 7.07. The highest BCUT2D eigenvalue weighted by atomic mass is 16.5. The number of benzene rings is 2. The zero-order chi connectivity index (χ0) is 22.5. The van der Waals surface area contributed by atoms with Gasteiger partial charge in [0.1, 0.15) is 5.75 Å². The van der Waals surface area contributed by atoms with Crippen LogP contribution < -0.4 is 4.74 Å². The molecule has 0 unspecified atom stereocenters. The van der Waals surface area contributed by atoms with Gasteiger partial charge in [-0.3, -0.25) is 9.59 Å². The topological polar surface area (TPSA) is 46.6 Å². The number of ketones is 2. The first-order valence-corrected chi connectivity index (χ1v) is 11.8. The second-order valence-electron chi connectivity index (χ2n) is 9.09. The Morgan fingerprint density at radius 3 is 2.38 bits per heavy atom. The van der Waals surface area contributed by atoms with Crippen molar-refractivity contribution < 1.29 is 14.3 Å². The zero-order valence-electron chi connectivity index (χ0n) is 19.1. The molecule has 0 bridgehead atoms. The van der Waals surface area contributed by atoms with E-state index in [-0.39, 0.29) is 30.1 Å². The molecule has 1 fully saturated rings. The van der Waals surface area contributed by atoms with Crippen LogP contribution in [0.1, 0.15) is 73.8 Å². The molecule has 168 valence electrons. The van der Waals surface area contributed by atoms with Gasteiger partial charge >= 0.3 is 0 Å². The second-order valence-corrected chi connectivity index (χ2v) is 9.09. The number of Topliss-reactive ketones (excluding diaryl/α,β-unsaturated/α-hetero) is 1. The third kappa shape index (κ3) is 4.95. The lowest BCUT2D eigenvalue weighted by Crippen LogP contribution is -2.46. The van der Waals surface area contributed by atoms with Crippen LogP contribution in [0.25, 0.3) is 0 Å². The fourth-order valence-electron chi connectivity index (χ4n) is 5.36. The molecule has 0 spiro atoms. The van der Waals surface area contributed by atoms with Gasteiger partial charge in [-0.15, -0.1) is 0 Å². The monoisotopic (exact) mass is 431 g/mol. The normalized spacial score (nSPS) is 20.6. The highest BCUT2D eigenvalue weighted by Crippen LogP contribution is 2.40. The fourth-order valence-corrected chi connectivity index (χ4v) is 5.36. The van der Waals surface area contributed by atoms with E-state index in [1.165, 1.54) is 24.8 Å². The van der Waals surface area contributed by atoms with E-state index in [0.29, 0.717) is 17.9 Å². The average Bonchev–Trinajstić information content (AvgIpc) is 2.84. The molecule has 1 aliphatic carbocycles. The van der Waals surface area contributed by atoms with Crippen molar-refractivity contribution in [3.05, 3.63) is 77.5 Å². The van der Waals surface area contributed by atoms with Gasteiger partial charge in [0.05, 0.1) is 19.6 Å². The molecule has 0 aromatic heterocycles. The van der Waals surface area contributed by atoms with Crippen LogP contribution >= 0.6 is 0 Å². The maximum atomic E-state index is 13.1. The standard InChI is InChI=1S/C28H33NO3/c1-20(21-13-15-26(32-2)16-14-21)29-24(18-28(31)23-11-7-4-8-12-23)17-25(30)19-27(29)22-9-5-3-6-10-22/h4,7-8,11-17,20,22,27H,3,5-6,9-10,18-19H2,1-2H3/t20-,27+/m1/s1. The summed E-state index contributed by atoms with van der Waals surface area (Å²) in [5.41, 5.74) is 2.71. The largest absolute Gasteiger partial charge is 0.497 e. The molecular formula is C28H33NO3. The zero-order valence-corrected chi connectivity index (χ0v) is 19.1. The highest BCUT2D eigenvalue weighted by Gasteiger charge is 2.37. The predicted molar refractivity (Wildman–Crippen MR) is 127 cm³/mol. The minimum atomic E-state index is 0.0564. The van der Waals surface area contributed by atoms with E-state index < -0.39 is 0 Å². The number of carbonyl (C=O) groups excluding carboxylic acids is 2. The summed E-state index contributed by atoms with van der Waals surface area (Å²) in [6.07, 6.45) is 8.55. The van der Waals surface area contributed by atoms with Crippen LogP contribution in [-0.4, -0.2) is 29.6 Å². The Morgan fingerprint density at radius 1 is 1.03 bits per heavy atom. The van der Waals surface area contributed by atoms with E-state index in [0.717, 1.165) is 24.3 Å². The van der Waals surface area contributed by atoms with E-state index in [9.17, 15) is 9.59 Å². The van der Waals surface area contributed by atoms with E-state index >= 15 is 0 Å². The summed E-state index contributed by atoms with van der Waals surface area (Å²) in [5, 5.41) is 0. The number of methoxy groups -OCH3 is 1. The van der Waals surface area contributed by atoms with Gasteiger partial charge in [-0.1, -0.05) is 61.7 Å². The Morgan fingerprint density at radius 2 is 1.72 bits per heavy atom. The first-order valence-electron chi connectivity index (χ1n) is 11.8. The van der Waals surface area contributed by atoms with Crippen molar-refractivity contribution in [1.29, 1.82) is 0 Å². The molecule has 0 radical (unpaired) electrons. The van der Waals surface area contributed by atoms with Gasteiger partial charge in [-0.2, -0.15) is 0 Å². The van der Waals surface area contributed by atoms with Crippen LogP contribution in [0.15, 0.2) is 66.4 Å². The van der Waals surface area contributed by atoms with Gasteiger partial charge < -0.3 is 9.64 Å². The lowest BCUT2D eigenvalue weighted by atomic mass is 9.78. The van der Waals surface area contributed by atoms with Crippen molar-refractivity contribution in [2.24, 2.45) is 5.92 Å². The van der Waals surface area contributed by atoms with Crippen LogP contribution in [0, 0.1) is 5.92 Å². The molecule has 1 aliphatic heterocycles. The van der Waals surface area contributed by atoms with Crippen LogP contribution in [0.4, 0.5) is 0 Å². The molecule has 0 amide bonds. The molecule has 2 aliphatic rings. The molecular weight excluding hydrogens is 398 g/mol. The van der Waals surface area contributed by atoms with E-state index in [1.54, 1.807) is 13.2 Å². The molecule has 4 nitrogen and oxygen atoms in total. The van der Waals surface area contributed by atoms with Crippen molar-refractivity contribution in [1.82, 2.24) is 4.90 Å². The Balaban J connectivity index is 1.67. The Hall–Kier alpha value is -2.88. The number of allylic oxidation sites excluding steroid dienone is 2. The van der Waals surface area contributed by atoms with Crippen molar-refractivity contribution in [3.63, 3.8) is 0 Å². The van der Waals surface area contributed by atoms with E-state index in [4.69, 9.17) is 4.74 Å². The molecule has 2 aromatic rings. The Kier molecular flexibility index (Phi) is 7.09. The molecule has 32 heavy (non-hydrogen) atoms. The number of nitrogens with zero attached hydrogens (tertiary/aromatic N) is 1. The molecule has 0 N–H and O–H groups in total. The summed E-state index contributed by atoms with van der Waals surface area (Å²) in [7, 11) is 1.67. The Bertz CT molecular complexity index is 958. The lowest BCUT2D eigenvalue weighted by Gasteiger charge is -2.46. The van der Waals surface area contributed by atoms with Gasteiger partial charge in [-0.05, 0) is 43.4 Å². The van der Waals surface area contributed by atoms with Gasteiger partial charge in [0.15, 0.2) is 11.6 Å². The van der Waals surface area contributed by atoms with Crippen LogP contribution in [-0.2, 0) is 4.79 Å². The molecule has 2 aromatic carbocycles. The van der Waals surface area contributed by atoms with Crippen LogP contribution in [0.5, 0.6) is 5.75 Å². The second kappa shape index (κ2) is 10.2. The summed E-state index contributed by atoms with van der Waals surface area (Å²) in [5.74, 6) is 1.52. The average molecular weight is 432 g/mol. The minimum absolute atomic E-state index is 0.0564. The van der Waals surface area contributed by atoms with E-state index in [1.807, 2.05) is 42.5 Å². The summed E-state index contributed by atoms with van der Waals surface area (Å²) >= 11 is 0. The molecule has 2 atom stereocenters. The Labute approximate surface area is 191 Å². The molecule has 0 saturated heterocycles. The summed E-state index contributed by atoms with van der Waals surface area (Å²) in [6.45, 7) is 2.19. The maximum absolute atomic E-state index is 13.1. The maximum Gasteiger partial charge on any atom is 0.168 e. The van der Waals surface area contributed by atoms with Gasteiger partial charge in [-0.25, -0.2) is 0 Å². The van der Waals surface area contributed by atoms with E-state index in [2.05, 4.69) is 24.0 Å². The lowest BCUT2D eigenvalue weighted by molar-refractivity contribution is -0.117. The third-order valence-corrected chi connectivity index (χ3v) is 7.07. The van der Waals surface area contributed by atoms with Crippen LogP contribution in [0.2, 0.25) is 0 Å². The van der Waals surface area contributed by atoms with Gasteiger partial charge in [0.25, 0.3) is 0 Å². The number of hydrogen-bond donors (Lipinski definition) is 0. The number of rotatable bonds is 7. The van der Waals surface area contributed by atoms with Crippen molar-refractivity contribution in [2.75, 3.05) is 7.11 Å². The van der Waals surface area contributed by atoms with Gasteiger partial charge in [0, 0.05) is 29.8 Å². The first-order chi connectivity index (χ1) is 15.6. The molecule has 1 heterocycles. The molecule has 4 heteroatoms. The predicted octanol–water partition coefficient (Wildman–Crippen LogP) is 6.14. The quantitative estimate of drug-likeness (QED) is 0.494. The van der Waals surface area contributed by atoms with Crippen molar-refractivity contribution in [3.8, 4) is 5.75 Å². The SMILES string of the molecule is COc1ccc([C@@H](C)N2C(CC(=O)c3ccccc3)=CC(=O)C[C@H]2C2CCCCC2)cc1. The number of ether oxygens (including phenoxy) is 1. The fraction of sp³-hybridized carbons (Fsp3) is 0.429. The number of carbonyl (C=O) groups is 2. The molecule has 1 saturated carbocycles. The summed E-state index contributed by atoms with van der Waals surface area (Å²) in [6, 6.07) is 17.7. The summed E-state index contributed by atoms with van der Waals surface area (Å²) in [4.78, 5) is 28.3. The summed E-state index contributed by atoms with van der Waals surface area (Å²) < 4.78 is 5.33. The smallest absolute Gasteiger partial charge is 0.168 e. The van der Waals surface area contributed by atoms with Crippen molar-refractivity contribution >= 4 is 11.6 Å². The van der Waals surface area contributed by atoms with Gasteiger partial charge in [0.2, 0.25) is 0 Å².